The molecule has 0 aromatic heterocycles. The Morgan fingerprint density at radius 3 is 2.00 bits per heavy atom. The molecule has 0 aliphatic heterocycles. The normalized spacial score (nSPS) is 15.5. The number of aliphatic imine (C=N–C) groups is 1. The van der Waals surface area contributed by atoms with Crippen molar-refractivity contribution in [2.24, 2.45) is 10.7 Å². The molecule has 0 bridgehead atoms. The molecule has 0 aliphatic rings. The summed E-state index contributed by atoms with van der Waals surface area (Å²) in [5.41, 5.74) is 4.55. The predicted octanol–water partition coefficient (Wildman–Crippen LogP) is 1.14. The molecule has 3 nitrogen and oxygen atoms in total. The average molecular weight is 272 g/mol. The molecule has 0 fully saturated rings. The number of nitrogens with zero attached hydrogens (tertiary/aromatic N) is 1. The number of rotatable bonds is 2. The molecule has 0 heterocycles. The summed E-state index contributed by atoms with van der Waals surface area (Å²) in [6, 6.07) is -0.141. The molecule has 3 N–H and O–H groups in total. The monoisotopic (exact) mass is 272 g/mol. The van der Waals surface area contributed by atoms with Crippen molar-refractivity contribution in [2.45, 2.75) is 39.3 Å². The largest absolute Gasteiger partial charge is 0.388 e. The lowest BCUT2D eigenvalue weighted by Gasteiger charge is -2.22. The Labute approximate surface area is 85.1 Å². The number of hydrogen-bond acceptors (Lipinski definition) is 2. The van der Waals surface area contributed by atoms with E-state index in [0.717, 1.165) is 0 Å². The maximum Gasteiger partial charge on any atom is 0.0910 e. The van der Waals surface area contributed by atoms with Crippen LogP contribution in [0.5, 0.6) is 0 Å². The Bertz CT molecular complexity index is 136. The van der Waals surface area contributed by atoms with Crippen LogP contribution >= 0.6 is 24.0 Å². The SMILES string of the molecule is CC(N)=NC(C)C(C)(C)O.I. The minimum atomic E-state index is -0.777. The highest BCUT2D eigenvalue weighted by Gasteiger charge is 2.20. The molecular formula is C7H17IN2O. The molecule has 0 spiro atoms. The van der Waals surface area contributed by atoms with E-state index in [1.165, 1.54) is 0 Å². The van der Waals surface area contributed by atoms with Crippen LogP contribution in [0.15, 0.2) is 4.99 Å². The molecule has 0 radical (unpaired) electrons. The predicted molar refractivity (Wildman–Crippen MR) is 58.5 cm³/mol. The van der Waals surface area contributed by atoms with Crippen LogP contribution in [-0.4, -0.2) is 22.6 Å². The van der Waals surface area contributed by atoms with Gasteiger partial charge in [-0.25, -0.2) is 0 Å². The lowest BCUT2D eigenvalue weighted by molar-refractivity contribution is 0.0590. The second kappa shape index (κ2) is 4.92. The van der Waals surface area contributed by atoms with Crippen molar-refractivity contribution in [3.63, 3.8) is 0 Å². The second-order valence-corrected chi connectivity index (χ2v) is 3.10. The minimum absolute atomic E-state index is 0. The summed E-state index contributed by atoms with van der Waals surface area (Å²) in [7, 11) is 0. The van der Waals surface area contributed by atoms with Crippen molar-refractivity contribution >= 4 is 29.8 Å². The van der Waals surface area contributed by atoms with Crippen molar-refractivity contribution in [1.29, 1.82) is 0 Å². The van der Waals surface area contributed by atoms with E-state index in [0.29, 0.717) is 5.84 Å². The smallest absolute Gasteiger partial charge is 0.0910 e. The number of amidine groups is 1. The van der Waals surface area contributed by atoms with E-state index in [1.54, 1.807) is 20.8 Å². The molecular weight excluding hydrogens is 255 g/mol. The molecule has 0 aromatic carbocycles. The van der Waals surface area contributed by atoms with Gasteiger partial charge >= 0.3 is 0 Å². The van der Waals surface area contributed by atoms with Gasteiger partial charge in [0.15, 0.2) is 0 Å². The highest BCUT2D eigenvalue weighted by Crippen LogP contribution is 2.10. The van der Waals surface area contributed by atoms with Crippen molar-refractivity contribution in [1.82, 2.24) is 0 Å². The fraction of sp³-hybridized carbons (Fsp3) is 0.857. The van der Waals surface area contributed by atoms with Gasteiger partial charge in [-0.15, -0.1) is 24.0 Å². The quantitative estimate of drug-likeness (QED) is 0.450. The summed E-state index contributed by atoms with van der Waals surface area (Å²) >= 11 is 0. The van der Waals surface area contributed by atoms with Gasteiger partial charge < -0.3 is 10.8 Å². The molecule has 0 rings (SSSR count). The molecule has 0 saturated heterocycles. The van der Waals surface area contributed by atoms with E-state index >= 15 is 0 Å². The molecule has 11 heavy (non-hydrogen) atoms. The van der Waals surface area contributed by atoms with Crippen LogP contribution in [0, 0.1) is 0 Å². The van der Waals surface area contributed by atoms with E-state index < -0.39 is 5.60 Å². The standard InChI is InChI=1S/C7H16N2O.HI/c1-5(7(3,4)10)9-6(2)8;/h5,10H,1-4H3,(H2,8,9);1H. The highest BCUT2D eigenvalue weighted by atomic mass is 127. The van der Waals surface area contributed by atoms with E-state index in [2.05, 4.69) is 4.99 Å². The topological polar surface area (TPSA) is 58.6 Å². The fourth-order valence-corrected chi connectivity index (χ4v) is 0.463. The number of aliphatic hydroxyl groups is 1. The highest BCUT2D eigenvalue weighted by molar-refractivity contribution is 14.0. The van der Waals surface area contributed by atoms with Crippen molar-refractivity contribution in [3.8, 4) is 0 Å². The van der Waals surface area contributed by atoms with Crippen LogP contribution in [0.25, 0.3) is 0 Å². The molecule has 1 atom stereocenters. The zero-order chi connectivity index (χ0) is 8.36. The van der Waals surface area contributed by atoms with Gasteiger partial charge in [-0.2, -0.15) is 0 Å². The van der Waals surface area contributed by atoms with Crippen LogP contribution in [0.3, 0.4) is 0 Å². The zero-order valence-corrected chi connectivity index (χ0v) is 9.79. The van der Waals surface area contributed by atoms with E-state index in [4.69, 9.17) is 5.73 Å². The van der Waals surface area contributed by atoms with Gasteiger partial charge in [0.2, 0.25) is 0 Å². The molecule has 0 aromatic rings. The van der Waals surface area contributed by atoms with Crippen LogP contribution < -0.4 is 5.73 Å². The van der Waals surface area contributed by atoms with Gasteiger partial charge in [0.25, 0.3) is 0 Å². The Morgan fingerprint density at radius 2 is 1.91 bits per heavy atom. The minimum Gasteiger partial charge on any atom is -0.388 e. The number of halogens is 1. The molecule has 0 amide bonds. The average Bonchev–Trinajstić information content (AvgIpc) is 1.60. The Balaban J connectivity index is 0. The number of hydrogen-bond donors (Lipinski definition) is 2. The first-order valence-corrected chi connectivity index (χ1v) is 3.36. The molecule has 0 saturated carbocycles. The first-order valence-electron chi connectivity index (χ1n) is 3.36. The van der Waals surface area contributed by atoms with Gasteiger partial charge in [-0.05, 0) is 27.7 Å². The third-order valence-corrected chi connectivity index (χ3v) is 1.42. The van der Waals surface area contributed by atoms with Gasteiger partial charge in [-0.3, -0.25) is 4.99 Å². The fourth-order valence-electron chi connectivity index (χ4n) is 0.463. The lowest BCUT2D eigenvalue weighted by atomic mass is 10.0. The van der Waals surface area contributed by atoms with E-state index in [-0.39, 0.29) is 30.0 Å². The number of nitrogens with two attached hydrogens (primary N) is 1. The lowest BCUT2D eigenvalue weighted by Crippen LogP contribution is -2.33. The van der Waals surface area contributed by atoms with Crippen molar-refractivity contribution in [3.05, 3.63) is 0 Å². The first kappa shape index (κ1) is 13.7. The van der Waals surface area contributed by atoms with Gasteiger partial charge in [-0.1, -0.05) is 0 Å². The maximum atomic E-state index is 9.37. The summed E-state index contributed by atoms with van der Waals surface area (Å²) in [5, 5.41) is 9.37. The van der Waals surface area contributed by atoms with Gasteiger partial charge in [0, 0.05) is 0 Å². The summed E-state index contributed by atoms with van der Waals surface area (Å²) in [6.07, 6.45) is 0. The van der Waals surface area contributed by atoms with Crippen molar-refractivity contribution in [2.75, 3.05) is 0 Å². The Hall–Kier alpha value is 0.160. The third-order valence-electron chi connectivity index (χ3n) is 1.42. The third kappa shape index (κ3) is 6.55. The van der Waals surface area contributed by atoms with Gasteiger partial charge in [0.1, 0.15) is 0 Å². The first-order chi connectivity index (χ1) is 4.34. The summed E-state index contributed by atoms with van der Waals surface area (Å²) in [4.78, 5) is 3.99. The second-order valence-electron chi connectivity index (χ2n) is 3.10. The van der Waals surface area contributed by atoms with Crippen LogP contribution in [0.4, 0.5) is 0 Å². The maximum absolute atomic E-state index is 9.37. The van der Waals surface area contributed by atoms with Crippen LogP contribution in [-0.2, 0) is 0 Å². The van der Waals surface area contributed by atoms with Crippen molar-refractivity contribution < 1.29 is 5.11 Å². The summed E-state index contributed by atoms with van der Waals surface area (Å²) in [5.74, 6) is 0.509. The zero-order valence-electron chi connectivity index (χ0n) is 7.46. The molecule has 1 unspecified atom stereocenters. The summed E-state index contributed by atoms with van der Waals surface area (Å²) < 4.78 is 0. The van der Waals surface area contributed by atoms with Crippen LogP contribution in [0.2, 0.25) is 0 Å². The van der Waals surface area contributed by atoms with E-state index in [9.17, 15) is 5.11 Å². The molecule has 4 heteroatoms. The summed E-state index contributed by atoms with van der Waals surface area (Å²) in [6.45, 7) is 6.97. The van der Waals surface area contributed by atoms with Gasteiger partial charge in [0.05, 0.1) is 17.5 Å². The Kier molecular flexibility index (Phi) is 6.14. The Morgan fingerprint density at radius 1 is 1.55 bits per heavy atom. The van der Waals surface area contributed by atoms with Crippen LogP contribution in [0.1, 0.15) is 27.7 Å². The molecule has 68 valence electrons. The molecule has 0 aliphatic carbocycles. The van der Waals surface area contributed by atoms with E-state index in [1.807, 2.05) is 6.92 Å².